The lowest BCUT2D eigenvalue weighted by Crippen LogP contribution is -2.47. The Morgan fingerprint density at radius 2 is 1.78 bits per heavy atom. The van der Waals surface area contributed by atoms with Crippen LogP contribution in [0.1, 0.15) is 25.1 Å². The van der Waals surface area contributed by atoms with Crippen LogP contribution in [0.5, 0.6) is 5.75 Å². The lowest BCUT2D eigenvalue weighted by molar-refractivity contribution is -0.119. The largest absolute Gasteiger partial charge is 0.492 e. The minimum absolute atomic E-state index is 0.0430. The second kappa shape index (κ2) is 8.52. The van der Waals surface area contributed by atoms with Gasteiger partial charge in [0, 0.05) is 50.3 Å². The first kappa shape index (κ1) is 20.9. The number of nitrogens with one attached hydrogen (secondary N) is 1. The van der Waals surface area contributed by atoms with E-state index in [9.17, 15) is 4.79 Å². The average molecular weight is 431 g/mol. The zero-order valence-electron chi connectivity index (χ0n) is 18.8. The third kappa shape index (κ3) is 4.20. The number of para-hydroxylation sites is 1. The minimum Gasteiger partial charge on any atom is -0.492 e. The highest BCUT2D eigenvalue weighted by Crippen LogP contribution is 2.39. The molecule has 2 aliphatic rings. The first-order chi connectivity index (χ1) is 15.5. The second-order valence-electron chi connectivity index (χ2n) is 9.25. The topological polar surface area (TPSA) is 57.7 Å². The molecule has 5 rings (SSSR count). The molecule has 0 unspecified atom stereocenters. The van der Waals surface area contributed by atoms with Crippen molar-refractivity contribution in [3.63, 3.8) is 0 Å². The molecule has 166 valence electrons. The van der Waals surface area contributed by atoms with Crippen molar-refractivity contribution in [3.05, 3.63) is 65.9 Å². The normalized spacial score (nSPS) is 18.5. The maximum absolute atomic E-state index is 12.1. The van der Waals surface area contributed by atoms with E-state index in [4.69, 9.17) is 9.72 Å². The molecule has 1 saturated heterocycles. The maximum Gasteiger partial charge on any atom is 0.234 e. The molecule has 32 heavy (non-hydrogen) atoms. The van der Waals surface area contributed by atoms with Gasteiger partial charge in [-0.1, -0.05) is 24.3 Å². The van der Waals surface area contributed by atoms with Gasteiger partial charge in [-0.2, -0.15) is 0 Å². The van der Waals surface area contributed by atoms with E-state index in [2.05, 4.69) is 45.4 Å². The second-order valence-corrected chi connectivity index (χ2v) is 9.25. The van der Waals surface area contributed by atoms with Crippen LogP contribution in [-0.4, -0.2) is 60.0 Å². The van der Waals surface area contributed by atoms with Crippen LogP contribution in [0.15, 0.2) is 54.6 Å². The van der Waals surface area contributed by atoms with Crippen LogP contribution in [0.25, 0.3) is 10.9 Å². The number of piperazine rings is 1. The van der Waals surface area contributed by atoms with Gasteiger partial charge in [0.05, 0.1) is 16.6 Å². The van der Waals surface area contributed by atoms with Gasteiger partial charge in [-0.15, -0.1) is 0 Å². The fourth-order valence-electron chi connectivity index (χ4n) is 4.53. The molecule has 0 spiro atoms. The van der Waals surface area contributed by atoms with Crippen LogP contribution >= 0.6 is 0 Å². The predicted octanol–water partition coefficient (Wildman–Crippen LogP) is 3.66. The summed E-state index contributed by atoms with van der Waals surface area (Å²) in [6.07, 6.45) is 0. The Kier molecular flexibility index (Phi) is 5.57. The van der Waals surface area contributed by atoms with Crippen LogP contribution in [-0.2, 0) is 16.8 Å². The number of nitrogens with zero attached hydrogens (tertiary/aromatic N) is 3. The monoisotopic (exact) mass is 430 g/mol. The number of benzene rings is 2. The lowest BCUT2D eigenvalue weighted by atomic mass is 9.86. The summed E-state index contributed by atoms with van der Waals surface area (Å²) < 4.78 is 6.02. The Morgan fingerprint density at radius 3 is 2.62 bits per heavy atom. The van der Waals surface area contributed by atoms with Gasteiger partial charge in [0.15, 0.2) is 0 Å². The quantitative estimate of drug-likeness (QED) is 0.647. The minimum atomic E-state index is -0.509. The van der Waals surface area contributed by atoms with Crippen molar-refractivity contribution >= 4 is 22.5 Å². The van der Waals surface area contributed by atoms with Gasteiger partial charge >= 0.3 is 0 Å². The number of rotatable bonds is 6. The molecule has 1 aromatic heterocycles. The molecule has 1 fully saturated rings. The van der Waals surface area contributed by atoms with Gasteiger partial charge in [-0.3, -0.25) is 19.6 Å². The SMILES string of the molecule is CC1(C)C(=O)Nc2ccc(OCCN3CCN(Cc4ccc5ccccc5n4)CC3)cc21. The number of ether oxygens (including phenoxy) is 1. The molecule has 0 bridgehead atoms. The first-order valence-electron chi connectivity index (χ1n) is 11.4. The Labute approximate surface area is 189 Å². The van der Waals surface area contributed by atoms with Gasteiger partial charge in [-0.05, 0) is 49.7 Å². The molecule has 2 aromatic carbocycles. The van der Waals surface area contributed by atoms with E-state index < -0.39 is 5.41 Å². The molecule has 0 saturated carbocycles. The van der Waals surface area contributed by atoms with Crippen molar-refractivity contribution in [1.29, 1.82) is 0 Å². The number of pyridine rings is 1. The van der Waals surface area contributed by atoms with Crippen molar-refractivity contribution in [2.75, 3.05) is 44.6 Å². The van der Waals surface area contributed by atoms with E-state index in [0.717, 1.165) is 67.5 Å². The van der Waals surface area contributed by atoms with Crippen LogP contribution in [0.3, 0.4) is 0 Å². The number of fused-ring (bicyclic) bond motifs is 2. The molecule has 3 heterocycles. The summed E-state index contributed by atoms with van der Waals surface area (Å²) >= 11 is 0. The first-order valence-corrected chi connectivity index (χ1v) is 11.4. The molecule has 0 atom stereocenters. The number of anilines is 1. The van der Waals surface area contributed by atoms with Gasteiger partial charge < -0.3 is 10.1 Å². The van der Waals surface area contributed by atoms with Crippen molar-refractivity contribution in [2.45, 2.75) is 25.8 Å². The zero-order valence-corrected chi connectivity index (χ0v) is 18.8. The van der Waals surface area contributed by atoms with E-state index >= 15 is 0 Å². The third-order valence-electron chi connectivity index (χ3n) is 6.66. The molecular formula is C26H30N4O2. The molecule has 2 aliphatic heterocycles. The van der Waals surface area contributed by atoms with Crippen LogP contribution < -0.4 is 10.1 Å². The summed E-state index contributed by atoms with van der Waals surface area (Å²) in [4.78, 5) is 21.9. The summed E-state index contributed by atoms with van der Waals surface area (Å²) in [7, 11) is 0. The van der Waals surface area contributed by atoms with Crippen LogP contribution in [0.2, 0.25) is 0 Å². The van der Waals surface area contributed by atoms with Crippen LogP contribution in [0.4, 0.5) is 5.69 Å². The van der Waals surface area contributed by atoms with Crippen molar-refractivity contribution in [1.82, 2.24) is 14.8 Å². The summed E-state index contributed by atoms with van der Waals surface area (Å²) in [6.45, 7) is 10.5. The van der Waals surface area contributed by atoms with Gasteiger partial charge in [0.2, 0.25) is 5.91 Å². The molecule has 6 heteroatoms. The van der Waals surface area contributed by atoms with Crippen molar-refractivity contribution in [2.24, 2.45) is 0 Å². The fraction of sp³-hybridized carbons (Fsp3) is 0.385. The third-order valence-corrected chi connectivity index (χ3v) is 6.66. The van der Waals surface area contributed by atoms with E-state index in [1.807, 2.05) is 38.1 Å². The lowest BCUT2D eigenvalue weighted by Gasteiger charge is -2.34. The standard InChI is InChI=1S/C26H30N4O2/c1-26(2)22-17-21(9-10-24(22)28-25(26)31)32-16-15-29-11-13-30(14-12-29)18-20-8-7-19-5-3-4-6-23(19)27-20/h3-10,17H,11-16,18H2,1-2H3,(H,28,31). The molecule has 6 nitrogen and oxygen atoms in total. The molecule has 3 aromatic rings. The Balaban J connectivity index is 1.09. The molecular weight excluding hydrogens is 400 g/mol. The molecule has 1 amide bonds. The Hall–Kier alpha value is -2.96. The van der Waals surface area contributed by atoms with Crippen LogP contribution in [0, 0.1) is 0 Å². The highest BCUT2D eigenvalue weighted by Gasteiger charge is 2.38. The van der Waals surface area contributed by atoms with Crippen molar-refractivity contribution < 1.29 is 9.53 Å². The Bertz CT molecular complexity index is 1140. The smallest absolute Gasteiger partial charge is 0.234 e. The molecule has 1 N–H and O–H groups in total. The summed E-state index contributed by atoms with van der Waals surface area (Å²) in [6, 6.07) is 18.5. The highest BCUT2D eigenvalue weighted by molar-refractivity contribution is 6.05. The number of carbonyl (C=O) groups excluding carboxylic acids is 1. The summed E-state index contributed by atoms with van der Waals surface area (Å²) in [5.41, 5.74) is 3.59. The van der Waals surface area contributed by atoms with Crippen molar-refractivity contribution in [3.8, 4) is 5.75 Å². The number of aromatic nitrogens is 1. The highest BCUT2D eigenvalue weighted by atomic mass is 16.5. The van der Waals surface area contributed by atoms with E-state index in [0.29, 0.717) is 6.61 Å². The number of carbonyl (C=O) groups is 1. The number of hydrogen-bond donors (Lipinski definition) is 1. The van der Waals surface area contributed by atoms with Gasteiger partial charge in [-0.25, -0.2) is 0 Å². The fourth-order valence-corrected chi connectivity index (χ4v) is 4.53. The number of amides is 1. The predicted molar refractivity (Wildman–Crippen MR) is 127 cm³/mol. The Morgan fingerprint density at radius 1 is 1.00 bits per heavy atom. The van der Waals surface area contributed by atoms with E-state index in [1.165, 1.54) is 5.39 Å². The maximum atomic E-state index is 12.1. The molecule has 0 aliphatic carbocycles. The molecule has 0 radical (unpaired) electrons. The van der Waals surface area contributed by atoms with E-state index in [-0.39, 0.29) is 5.91 Å². The summed E-state index contributed by atoms with van der Waals surface area (Å²) in [5, 5.41) is 4.13. The summed E-state index contributed by atoms with van der Waals surface area (Å²) in [5.74, 6) is 0.871. The van der Waals surface area contributed by atoms with Gasteiger partial charge in [0.1, 0.15) is 12.4 Å². The van der Waals surface area contributed by atoms with E-state index in [1.54, 1.807) is 0 Å². The zero-order chi connectivity index (χ0) is 22.1. The number of hydrogen-bond acceptors (Lipinski definition) is 5. The van der Waals surface area contributed by atoms with Gasteiger partial charge in [0.25, 0.3) is 0 Å². The average Bonchev–Trinajstić information content (AvgIpc) is 3.03.